The van der Waals surface area contributed by atoms with E-state index in [1.165, 1.54) is 0 Å². The monoisotopic (exact) mass is 249 g/mol. The van der Waals surface area contributed by atoms with Gasteiger partial charge in [0.25, 0.3) is 0 Å². The molecule has 98 valence electrons. The number of methoxy groups -OCH3 is 1. The van der Waals surface area contributed by atoms with Crippen molar-refractivity contribution in [3.63, 3.8) is 0 Å². The number of likely N-dealkylation sites (tertiary alicyclic amines) is 1. The number of carbonyl (C=O) groups is 1. The number of para-hydroxylation sites is 2. The van der Waals surface area contributed by atoms with Gasteiger partial charge in [-0.2, -0.15) is 0 Å². The molecule has 1 aliphatic heterocycles. The summed E-state index contributed by atoms with van der Waals surface area (Å²) < 4.78 is 5.20. The van der Waals surface area contributed by atoms with Crippen molar-refractivity contribution in [3.8, 4) is 5.75 Å². The molecule has 0 radical (unpaired) electrons. The Morgan fingerprint density at radius 1 is 1.39 bits per heavy atom. The molecule has 0 saturated carbocycles. The molecule has 0 atom stereocenters. The van der Waals surface area contributed by atoms with E-state index in [-0.39, 0.29) is 12.1 Å². The zero-order chi connectivity index (χ0) is 13.0. The van der Waals surface area contributed by atoms with Crippen LogP contribution in [0.1, 0.15) is 12.8 Å². The number of amides is 2. The van der Waals surface area contributed by atoms with Gasteiger partial charge in [-0.1, -0.05) is 12.1 Å². The first-order chi connectivity index (χ1) is 8.70. The topological polar surface area (TPSA) is 67.6 Å². The molecule has 1 fully saturated rings. The first kappa shape index (κ1) is 12.7. The van der Waals surface area contributed by atoms with Gasteiger partial charge in [0.2, 0.25) is 0 Å². The number of hydrogen-bond donors (Lipinski definition) is 2. The minimum atomic E-state index is -0.0913. The molecule has 18 heavy (non-hydrogen) atoms. The van der Waals surface area contributed by atoms with Gasteiger partial charge in [-0.05, 0) is 25.0 Å². The zero-order valence-corrected chi connectivity index (χ0v) is 10.6. The van der Waals surface area contributed by atoms with Gasteiger partial charge in [0.05, 0.1) is 12.8 Å². The lowest BCUT2D eigenvalue weighted by Gasteiger charge is -2.30. The Morgan fingerprint density at radius 2 is 2.06 bits per heavy atom. The van der Waals surface area contributed by atoms with Crippen LogP contribution in [-0.2, 0) is 0 Å². The van der Waals surface area contributed by atoms with E-state index in [9.17, 15) is 4.79 Å². The summed E-state index contributed by atoms with van der Waals surface area (Å²) in [6.45, 7) is 1.42. The van der Waals surface area contributed by atoms with Crippen molar-refractivity contribution in [1.82, 2.24) is 4.90 Å². The Morgan fingerprint density at radius 3 is 2.72 bits per heavy atom. The second-order valence-corrected chi connectivity index (χ2v) is 4.45. The standard InChI is InChI=1S/C13H19N3O2/c1-18-12-5-3-2-4-11(12)15-13(17)16-8-6-10(14)7-9-16/h2-5,10H,6-9,14H2,1H3,(H,15,17). The lowest BCUT2D eigenvalue weighted by molar-refractivity contribution is 0.195. The van der Waals surface area contributed by atoms with E-state index in [4.69, 9.17) is 10.5 Å². The molecule has 0 spiro atoms. The fourth-order valence-electron chi connectivity index (χ4n) is 2.04. The van der Waals surface area contributed by atoms with Crippen LogP contribution in [0.3, 0.4) is 0 Å². The maximum Gasteiger partial charge on any atom is 0.321 e. The smallest absolute Gasteiger partial charge is 0.321 e. The molecule has 0 bridgehead atoms. The van der Waals surface area contributed by atoms with Crippen molar-refractivity contribution >= 4 is 11.7 Å². The van der Waals surface area contributed by atoms with E-state index < -0.39 is 0 Å². The highest BCUT2D eigenvalue weighted by Gasteiger charge is 2.21. The van der Waals surface area contributed by atoms with Crippen LogP contribution in [-0.4, -0.2) is 37.2 Å². The molecule has 0 aromatic heterocycles. The second kappa shape index (κ2) is 5.73. The molecule has 1 aromatic rings. The van der Waals surface area contributed by atoms with Gasteiger partial charge in [-0.3, -0.25) is 0 Å². The third-order valence-corrected chi connectivity index (χ3v) is 3.18. The van der Waals surface area contributed by atoms with Crippen molar-refractivity contribution in [1.29, 1.82) is 0 Å². The molecule has 3 N–H and O–H groups in total. The van der Waals surface area contributed by atoms with E-state index >= 15 is 0 Å². The van der Waals surface area contributed by atoms with Crippen molar-refractivity contribution in [2.45, 2.75) is 18.9 Å². The molecule has 1 heterocycles. The van der Waals surface area contributed by atoms with E-state index in [2.05, 4.69) is 5.32 Å². The fourth-order valence-corrected chi connectivity index (χ4v) is 2.04. The normalized spacial score (nSPS) is 16.4. The summed E-state index contributed by atoms with van der Waals surface area (Å²) in [6, 6.07) is 7.51. The maximum absolute atomic E-state index is 12.1. The molecule has 2 rings (SSSR count). The summed E-state index contributed by atoms with van der Waals surface area (Å²) in [5.74, 6) is 0.666. The average Bonchev–Trinajstić information content (AvgIpc) is 2.40. The van der Waals surface area contributed by atoms with E-state index in [1.54, 1.807) is 12.0 Å². The SMILES string of the molecule is COc1ccccc1NC(=O)N1CCC(N)CC1. The Labute approximate surface area is 107 Å². The largest absolute Gasteiger partial charge is 0.495 e. The molecule has 0 aliphatic carbocycles. The summed E-state index contributed by atoms with van der Waals surface area (Å²) in [6.07, 6.45) is 1.72. The molecule has 5 heteroatoms. The highest BCUT2D eigenvalue weighted by molar-refractivity contribution is 5.91. The van der Waals surface area contributed by atoms with Gasteiger partial charge in [-0.15, -0.1) is 0 Å². The van der Waals surface area contributed by atoms with Crippen molar-refractivity contribution < 1.29 is 9.53 Å². The summed E-state index contributed by atoms with van der Waals surface area (Å²) >= 11 is 0. The Balaban J connectivity index is 1.98. The van der Waals surface area contributed by atoms with Crippen LogP contribution in [0.4, 0.5) is 10.5 Å². The predicted molar refractivity (Wildman–Crippen MR) is 70.8 cm³/mol. The molecule has 2 amide bonds. The Hall–Kier alpha value is -1.75. The lowest BCUT2D eigenvalue weighted by Crippen LogP contribution is -2.44. The number of piperidine rings is 1. The fraction of sp³-hybridized carbons (Fsp3) is 0.462. The number of urea groups is 1. The summed E-state index contributed by atoms with van der Waals surface area (Å²) in [7, 11) is 1.59. The number of benzene rings is 1. The van der Waals surface area contributed by atoms with Crippen molar-refractivity contribution in [2.75, 3.05) is 25.5 Å². The maximum atomic E-state index is 12.1. The number of nitrogens with zero attached hydrogens (tertiary/aromatic N) is 1. The first-order valence-electron chi connectivity index (χ1n) is 6.15. The molecule has 5 nitrogen and oxygen atoms in total. The van der Waals surface area contributed by atoms with E-state index in [1.807, 2.05) is 24.3 Å². The molecule has 1 saturated heterocycles. The van der Waals surface area contributed by atoms with Crippen molar-refractivity contribution in [3.05, 3.63) is 24.3 Å². The highest BCUT2D eigenvalue weighted by Crippen LogP contribution is 2.23. The van der Waals surface area contributed by atoms with Gasteiger partial charge in [-0.25, -0.2) is 4.79 Å². The van der Waals surface area contributed by atoms with Gasteiger partial charge >= 0.3 is 6.03 Å². The van der Waals surface area contributed by atoms with Gasteiger partial charge in [0.15, 0.2) is 0 Å². The molecular weight excluding hydrogens is 230 g/mol. The van der Waals surface area contributed by atoms with Crippen LogP contribution in [0.15, 0.2) is 24.3 Å². The van der Waals surface area contributed by atoms with Crippen LogP contribution < -0.4 is 15.8 Å². The highest BCUT2D eigenvalue weighted by atomic mass is 16.5. The average molecular weight is 249 g/mol. The predicted octanol–water partition coefficient (Wildman–Crippen LogP) is 1.65. The van der Waals surface area contributed by atoms with Gasteiger partial charge in [0.1, 0.15) is 5.75 Å². The minimum Gasteiger partial charge on any atom is -0.495 e. The number of nitrogens with one attached hydrogen (secondary N) is 1. The Bertz CT molecular complexity index is 414. The molecular formula is C13H19N3O2. The Kier molecular flexibility index (Phi) is 4.04. The van der Waals surface area contributed by atoms with Crippen LogP contribution in [0, 0.1) is 0 Å². The van der Waals surface area contributed by atoms with Crippen LogP contribution >= 0.6 is 0 Å². The minimum absolute atomic E-state index is 0.0913. The van der Waals surface area contributed by atoms with Crippen molar-refractivity contribution in [2.24, 2.45) is 5.73 Å². The van der Waals surface area contributed by atoms with Crippen LogP contribution in [0.25, 0.3) is 0 Å². The first-order valence-corrected chi connectivity index (χ1v) is 6.15. The van der Waals surface area contributed by atoms with Crippen LogP contribution in [0.5, 0.6) is 5.75 Å². The second-order valence-electron chi connectivity index (χ2n) is 4.45. The third kappa shape index (κ3) is 2.92. The summed E-state index contributed by atoms with van der Waals surface area (Å²) in [4.78, 5) is 13.8. The number of carbonyl (C=O) groups excluding carboxylic acids is 1. The summed E-state index contributed by atoms with van der Waals surface area (Å²) in [5.41, 5.74) is 6.51. The quantitative estimate of drug-likeness (QED) is 0.837. The number of nitrogens with two attached hydrogens (primary N) is 1. The number of rotatable bonds is 2. The summed E-state index contributed by atoms with van der Waals surface area (Å²) in [5, 5.41) is 2.87. The third-order valence-electron chi connectivity index (χ3n) is 3.18. The van der Waals surface area contributed by atoms with E-state index in [0.29, 0.717) is 24.5 Å². The zero-order valence-electron chi connectivity index (χ0n) is 10.6. The number of hydrogen-bond acceptors (Lipinski definition) is 3. The van der Waals surface area contributed by atoms with Gasteiger partial charge < -0.3 is 20.7 Å². The van der Waals surface area contributed by atoms with Crippen LogP contribution in [0.2, 0.25) is 0 Å². The molecule has 0 unspecified atom stereocenters. The lowest BCUT2D eigenvalue weighted by atomic mass is 10.1. The molecule has 1 aliphatic rings. The van der Waals surface area contributed by atoms with Gasteiger partial charge in [0, 0.05) is 19.1 Å². The number of ether oxygens (including phenoxy) is 1. The van der Waals surface area contributed by atoms with E-state index in [0.717, 1.165) is 12.8 Å². The molecule has 1 aromatic carbocycles. The number of anilines is 1.